The van der Waals surface area contributed by atoms with Crippen molar-refractivity contribution in [1.82, 2.24) is 5.32 Å². The first-order chi connectivity index (χ1) is 11.4. The zero-order chi connectivity index (χ0) is 17.7. The Morgan fingerprint density at radius 1 is 0.917 bits per heavy atom. The van der Waals surface area contributed by atoms with Crippen molar-refractivity contribution in [2.45, 2.75) is 27.7 Å². The van der Waals surface area contributed by atoms with Crippen molar-refractivity contribution in [2.75, 3.05) is 11.9 Å². The Bertz CT molecular complexity index is 751. The highest BCUT2D eigenvalue weighted by Crippen LogP contribution is 2.15. The van der Waals surface area contributed by atoms with Crippen LogP contribution in [0.3, 0.4) is 0 Å². The Labute approximate surface area is 143 Å². The summed E-state index contributed by atoms with van der Waals surface area (Å²) in [7, 11) is 0. The van der Waals surface area contributed by atoms with Crippen molar-refractivity contribution in [2.24, 2.45) is 5.92 Å². The number of anilines is 1. The summed E-state index contributed by atoms with van der Waals surface area (Å²) in [5, 5.41) is 5.72. The molecular weight excluding hydrogens is 300 g/mol. The summed E-state index contributed by atoms with van der Waals surface area (Å²) < 4.78 is 0. The van der Waals surface area contributed by atoms with Gasteiger partial charge in [0.1, 0.15) is 0 Å². The van der Waals surface area contributed by atoms with Gasteiger partial charge in [0.05, 0.1) is 0 Å². The third-order valence-corrected chi connectivity index (χ3v) is 3.82. The molecule has 0 fully saturated rings. The fourth-order valence-corrected chi connectivity index (χ4v) is 2.22. The Morgan fingerprint density at radius 2 is 1.62 bits per heavy atom. The molecule has 0 heterocycles. The van der Waals surface area contributed by atoms with Crippen LogP contribution in [0.25, 0.3) is 0 Å². The average molecular weight is 324 g/mol. The van der Waals surface area contributed by atoms with Gasteiger partial charge >= 0.3 is 0 Å². The van der Waals surface area contributed by atoms with Gasteiger partial charge in [-0.2, -0.15) is 0 Å². The Kier molecular flexibility index (Phi) is 5.74. The fraction of sp³-hybridized carbons (Fsp3) is 0.300. The lowest BCUT2D eigenvalue weighted by molar-refractivity contribution is 0.0947. The van der Waals surface area contributed by atoms with Gasteiger partial charge in [-0.25, -0.2) is 0 Å². The van der Waals surface area contributed by atoms with Crippen LogP contribution < -0.4 is 10.6 Å². The van der Waals surface area contributed by atoms with Gasteiger partial charge in [0.2, 0.25) is 0 Å². The number of benzene rings is 2. The largest absolute Gasteiger partial charge is 0.352 e. The van der Waals surface area contributed by atoms with Gasteiger partial charge in [-0.05, 0) is 61.2 Å². The summed E-state index contributed by atoms with van der Waals surface area (Å²) in [6, 6.07) is 12.6. The van der Waals surface area contributed by atoms with Crippen molar-refractivity contribution in [1.29, 1.82) is 0 Å². The minimum atomic E-state index is -0.183. The molecule has 2 rings (SSSR count). The molecule has 0 saturated heterocycles. The number of carbonyl (C=O) groups is 2. The van der Waals surface area contributed by atoms with Crippen LogP contribution in [-0.2, 0) is 0 Å². The van der Waals surface area contributed by atoms with Crippen LogP contribution in [0.4, 0.5) is 5.69 Å². The molecule has 2 amide bonds. The molecule has 0 atom stereocenters. The number of hydrogen-bond acceptors (Lipinski definition) is 2. The minimum absolute atomic E-state index is 0.133. The van der Waals surface area contributed by atoms with Gasteiger partial charge < -0.3 is 10.6 Å². The molecule has 2 aromatic rings. The Morgan fingerprint density at radius 3 is 2.29 bits per heavy atom. The molecule has 0 unspecified atom stereocenters. The van der Waals surface area contributed by atoms with Crippen LogP contribution in [0, 0.1) is 19.8 Å². The monoisotopic (exact) mass is 324 g/mol. The Hall–Kier alpha value is -2.62. The average Bonchev–Trinajstić information content (AvgIpc) is 2.55. The zero-order valence-electron chi connectivity index (χ0n) is 14.6. The van der Waals surface area contributed by atoms with Crippen molar-refractivity contribution in [3.05, 3.63) is 64.7 Å². The lowest BCUT2D eigenvalue weighted by atomic mass is 10.1. The van der Waals surface area contributed by atoms with E-state index in [-0.39, 0.29) is 11.8 Å². The standard InChI is InChI=1S/C20H24N2O2/c1-13(2)12-21-19(23)16-6-5-7-18(11-16)22-20(24)17-9-8-14(3)15(4)10-17/h5-11,13H,12H2,1-4H3,(H,21,23)(H,22,24). The van der Waals surface area contributed by atoms with Crippen molar-refractivity contribution < 1.29 is 9.59 Å². The molecule has 0 spiro atoms. The van der Waals surface area contributed by atoms with E-state index >= 15 is 0 Å². The first kappa shape index (κ1) is 17.7. The smallest absolute Gasteiger partial charge is 0.255 e. The first-order valence-electron chi connectivity index (χ1n) is 8.13. The molecular formula is C20H24N2O2. The molecule has 0 aliphatic rings. The molecule has 2 aromatic carbocycles. The number of aryl methyl sites for hydroxylation is 2. The summed E-state index contributed by atoms with van der Waals surface area (Å²) in [6.45, 7) is 8.70. The Balaban J connectivity index is 2.09. The molecule has 4 nitrogen and oxygen atoms in total. The SMILES string of the molecule is Cc1ccc(C(=O)Nc2cccc(C(=O)NCC(C)C)c2)cc1C. The minimum Gasteiger partial charge on any atom is -0.352 e. The second kappa shape index (κ2) is 7.77. The molecule has 24 heavy (non-hydrogen) atoms. The molecule has 0 aliphatic carbocycles. The third kappa shape index (κ3) is 4.69. The predicted molar refractivity (Wildman–Crippen MR) is 97.5 cm³/mol. The van der Waals surface area contributed by atoms with Crippen LogP contribution in [-0.4, -0.2) is 18.4 Å². The van der Waals surface area contributed by atoms with Crippen molar-refractivity contribution in [3.63, 3.8) is 0 Å². The summed E-state index contributed by atoms with van der Waals surface area (Å²) in [4.78, 5) is 24.5. The van der Waals surface area contributed by atoms with E-state index in [2.05, 4.69) is 10.6 Å². The van der Waals surface area contributed by atoms with Gasteiger partial charge in [0.25, 0.3) is 11.8 Å². The summed E-state index contributed by atoms with van der Waals surface area (Å²) >= 11 is 0. The molecule has 126 valence electrons. The summed E-state index contributed by atoms with van der Waals surface area (Å²) in [5.74, 6) is 0.0745. The lowest BCUT2D eigenvalue weighted by Gasteiger charge is -2.10. The van der Waals surface area contributed by atoms with Gasteiger partial charge in [0.15, 0.2) is 0 Å². The van der Waals surface area contributed by atoms with Crippen LogP contribution in [0.15, 0.2) is 42.5 Å². The van der Waals surface area contributed by atoms with Gasteiger partial charge in [-0.1, -0.05) is 26.0 Å². The van der Waals surface area contributed by atoms with Gasteiger partial charge in [-0.3, -0.25) is 9.59 Å². The highest BCUT2D eigenvalue weighted by Gasteiger charge is 2.10. The van der Waals surface area contributed by atoms with Crippen LogP contribution in [0.1, 0.15) is 45.7 Å². The zero-order valence-corrected chi connectivity index (χ0v) is 14.6. The van der Waals surface area contributed by atoms with Crippen molar-refractivity contribution in [3.8, 4) is 0 Å². The topological polar surface area (TPSA) is 58.2 Å². The molecule has 0 saturated carbocycles. The lowest BCUT2D eigenvalue weighted by Crippen LogP contribution is -2.27. The predicted octanol–water partition coefficient (Wildman–Crippen LogP) is 3.94. The summed E-state index contributed by atoms with van der Waals surface area (Å²) in [6.07, 6.45) is 0. The molecule has 4 heteroatoms. The van der Waals surface area contributed by atoms with E-state index in [1.807, 2.05) is 39.8 Å². The van der Waals surface area contributed by atoms with Gasteiger partial charge in [0, 0.05) is 23.4 Å². The number of amides is 2. The van der Waals surface area contributed by atoms with E-state index in [1.165, 1.54) is 0 Å². The van der Waals surface area contributed by atoms with E-state index in [9.17, 15) is 9.59 Å². The van der Waals surface area contributed by atoms with E-state index in [1.54, 1.807) is 30.3 Å². The van der Waals surface area contributed by atoms with E-state index < -0.39 is 0 Å². The quantitative estimate of drug-likeness (QED) is 0.875. The number of nitrogens with one attached hydrogen (secondary N) is 2. The second-order valence-corrected chi connectivity index (χ2v) is 6.44. The number of carbonyl (C=O) groups excluding carboxylic acids is 2. The van der Waals surface area contributed by atoms with Crippen LogP contribution in [0.2, 0.25) is 0 Å². The highest BCUT2D eigenvalue weighted by atomic mass is 16.2. The fourth-order valence-electron chi connectivity index (χ4n) is 2.22. The molecule has 0 bridgehead atoms. The normalized spacial score (nSPS) is 10.5. The number of rotatable bonds is 5. The highest BCUT2D eigenvalue weighted by molar-refractivity contribution is 6.05. The molecule has 0 radical (unpaired) electrons. The molecule has 2 N–H and O–H groups in total. The van der Waals surface area contributed by atoms with Gasteiger partial charge in [-0.15, -0.1) is 0 Å². The maximum absolute atomic E-state index is 12.4. The first-order valence-corrected chi connectivity index (χ1v) is 8.13. The maximum atomic E-state index is 12.4. The van der Waals surface area contributed by atoms with E-state index in [0.29, 0.717) is 29.3 Å². The second-order valence-electron chi connectivity index (χ2n) is 6.44. The molecule has 0 aliphatic heterocycles. The van der Waals surface area contributed by atoms with E-state index in [0.717, 1.165) is 11.1 Å². The molecule has 0 aromatic heterocycles. The third-order valence-electron chi connectivity index (χ3n) is 3.82. The van der Waals surface area contributed by atoms with E-state index in [4.69, 9.17) is 0 Å². The summed E-state index contributed by atoms with van der Waals surface area (Å²) in [5.41, 5.74) is 3.97. The van der Waals surface area contributed by atoms with Crippen molar-refractivity contribution >= 4 is 17.5 Å². The van der Waals surface area contributed by atoms with Crippen LogP contribution in [0.5, 0.6) is 0 Å². The number of hydrogen-bond donors (Lipinski definition) is 2. The maximum Gasteiger partial charge on any atom is 0.255 e. The van der Waals surface area contributed by atoms with Crippen LogP contribution >= 0.6 is 0 Å².